The van der Waals surface area contributed by atoms with Gasteiger partial charge in [-0.3, -0.25) is 14.9 Å². The molecule has 6 nitrogen and oxygen atoms in total. The molecule has 0 heterocycles. The number of carbonyl (C=O) groups is 1. The van der Waals surface area contributed by atoms with Gasteiger partial charge in [0.1, 0.15) is 11.3 Å². The molecule has 116 valence electrons. The van der Waals surface area contributed by atoms with Crippen molar-refractivity contribution in [1.29, 1.82) is 0 Å². The number of benzene rings is 1. The number of nitrogens with zero attached hydrogens (tertiary/aromatic N) is 1. The number of hydrogen-bond acceptors (Lipinski definition) is 4. The van der Waals surface area contributed by atoms with Crippen molar-refractivity contribution < 1.29 is 9.72 Å². The number of carbonyl (C=O) groups excluding carboxylic acids is 1. The first kappa shape index (κ1) is 16.9. The van der Waals surface area contributed by atoms with Crippen molar-refractivity contribution in [3.8, 4) is 0 Å². The topological polar surface area (TPSA) is 84.3 Å². The zero-order valence-corrected chi connectivity index (χ0v) is 13.2. The van der Waals surface area contributed by atoms with E-state index in [1.54, 1.807) is 19.2 Å². The molecule has 0 atom stereocenters. The van der Waals surface area contributed by atoms with Crippen LogP contribution in [0.1, 0.15) is 38.1 Å². The summed E-state index contributed by atoms with van der Waals surface area (Å²) in [7, 11) is 1.59. The largest absolute Gasteiger partial charge is 0.383 e. The molecule has 1 aromatic rings. The molecule has 0 saturated carbocycles. The highest BCUT2D eigenvalue weighted by Gasteiger charge is 2.27. The van der Waals surface area contributed by atoms with E-state index in [9.17, 15) is 14.9 Å². The lowest BCUT2D eigenvalue weighted by Crippen LogP contribution is -2.37. The van der Waals surface area contributed by atoms with Crippen LogP contribution < -0.4 is 10.6 Å². The summed E-state index contributed by atoms with van der Waals surface area (Å²) in [6.45, 7) is 8.73. The van der Waals surface area contributed by atoms with Gasteiger partial charge in [-0.1, -0.05) is 33.8 Å². The van der Waals surface area contributed by atoms with Gasteiger partial charge in [0.2, 0.25) is 0 Å². The Hall–Kier alpha value is -2.11. The van der Waals surface area contributed by atoms with Gasteiger partial charge in [-0.05, 0) is 23.5 Å². The van der Waals surface area contributed by atoms with Crippen molar-refractivity contribution in [1.82, 2.24) is 5.32 Å². The Balaban J connectivity index is 3.01. The molecule has 0 bridgehead atoms. The molecule has 0 unspecified atom stereocenters. The molecular formula is C15H23N3O3. The molecule has 0 aliphatic rings. The summed E-state index contributed by atoms with van der Waals surface area (Å²) in [5.41, 5.74) is 0.132. The fourth-order valence-electron chi connectivity index (χ4n) is 1.73. The fourth-order valence-corrected chi connectivity index (χ4v) is 1.73. The fraction of sp³-hybridized carbons (Fsp3) is 0.533. The first-order valence-electron chi connectivity index (χ1n) is 6.94. The standard InChI is InChI=1S/C15H23N3O3/c1-10(2)15(3,4)9-17-14(19)11-7-6-8-12(16-5)13(11)18(20)21/h6-8,10,16H,9H2,1-5H3,(H,17,19). The van der Waals surface area contributed by atoms with Crippen LogP contribution in [0.2, 0.25) is 0 Å². The Labute approximate surface area is 125 Å². The number of nitro groups is 1. The van der Waals surface area contributed by atoms with Crippen LogP contribution in [0.3, 0.4) is 0 Å². The summed E-state index contributed by atoms with van der Waals surface area (Å²) in [4.78, 5) is 22.9. The first-order chi connectivity index (χ1) is 9.70. The third kappa shape index (κ3) is 3.93. The average molecular weight is 293 g/mol. The summed E-state index contributed by atoms with van der Waals surface area (Å²) >= 11 is 0. The highest BCUT2D eigenvalue weighted by Crippen LogP contribution is 2.29. The van der Waals surface area contributed by atoms with Gasteiger partial charge in [0.25, 0.3) is 5.91 Å². The maximum Gasteiger partial charge on any atom is 0.305 e. The number of rotatable bonds is 6. The number of nitro benzene ring substituents is 1. The molecule has 1 aromatic carbocycles. The number of amides is 1. The van der Waals surface area contributed by atoms with Crippen LogP contribution in [0.5, 0.6) is 0 Å². The van der Waals surface area contributed by atoms with Crippen molar-refractivity contribution in [2.75, 3.05) is 18.9 Å². The summed E-state index contributed by atoms with van der Waals surface area (Å²) in [6, 6.07) is 4.67. The Bertz CT molecular complexity index is 539. The highest BCUT2D eigenvalue weighted by atomic mass is 16.6. The van der Waals surface area contributed by atoms with E-state index in [1.165, 1.54) is 6.07 Å². The van der Waals surface area contributed by atoms with E-state index in [0.717, 1.165) is 0 Å². The summed E-state index contributed by atoms with van der Waals surface area (Å²) in [5, 5.41) is 16.7. The van der Waals surface area contributed by atoms with Crippen LogP contribution in [0, 0.1) is 21.4 Å². The van der Waals surface area contributed by atoms with Crippen molar-refractivity contribution in [2.45, 2.75) is 27.7 Å². The predicted molar refractivity (Wildman–Crippen MR) is 83.6 cm³/mol. The first-order valence-corrected chi connectivity index (χ1v) is 6.94. The van der Waals surface area contributed by atoms with Crippen molar-refractivity contribution in [3.63, 3.8) is 0 Å². The molecule has 1 amide bonds. The van der Waals surface area contributed by atoms with Gasteiger partial charge in [0.15, 0.2) is 0 Å². The van der Waals surface area contributed by atoms with Gasteiger partial charge in [-0.25, -0.2) is 0 Å². The zero-order chi connectivity index (χ0) is 16.2. The van der Waals surface area contributed by atoms with Gasteiger partial charge in [0.05, 0.1) is 4.92 Å². The minimum absolute atomic E-state index is 0.0754. The SMILES string of the molecule is CNc1cccc(C(=O)NCC(C)(C)C(C)C)c1[N+](=O)[O-]. The average Bonchev–Trinajstić information content (AvgIpc) is 2.43. The van der Waals surface area contributed by atoms with E-state index in [-0.39, 0.29) is 16.7 Å². The molecule has 2 N–H and O–H groups in total. The second-order valence-corrected chi connectivity index (χ2v) is 6.03. The van der Waals surface area contributed by atoms with Gasteiger partial charge < -0.3 is 10.6 Å². The molecule has 0 aliphatic heterocycles. The molecule has 6 heteroatoms. The minimum atomic E-state index is -0.533. The van der Waals surface area contributed by atoms with Crippen LogP contribution in [0.15, 0.2) is 18.2 Å². The van der Waals surface area contributed by atoms with Crippen molar-refractivity contribution in [2.24, 2.45) is 11.3 Å². The Morgan fingerprint density at radius 2 is 2.00 bits per heavy atom. The molecule has 0 aliphatic carbocycles. The molecule has 21 heavy (non-hydrogen) atoms. The molecule has 0 fully saturated rings. The Morgan fingerprint density at radius 3 is 2.48 bits per heavy atom. The van der Waals surface area contributed by atoms with E-state index < -0.39 is 10.8 Å². The maximum atomic E-state index is 12.3. The highest BCUT2D eigenvalue weighted by molar-refractivity contribution is 6.00. The molecular weight excluding hydrogens is 270 g/mol. The van der Waals surface area contributed by atoms with E-state index >= 15 is 0 Å². The van der Waals surface area contributed by atoms with Crippen LogP contribution >= 0.6 is 0 Å². The molecule has 0 spiro atoms. The van der Waals surface area contributed by atoms with Crippen molar-refractivity contribution in [3.05, 3.63) is 33.9 Å². The van der Waals surface area contributed by atoms with E-state index in [0.29, 0.717) is 18.2 Å². The van der Waals surface area contributed by atoms with Crippen LogP contribution in [-0.2, 0) is 0 Å². The monoisotopic (exact) mass is 293 g/mol. The van der Waals surface area contributed by atoms with E-state index in [4.69, 9.17) is 0 Å². The number of anilines is 1. The molecule has 0 saturated heterocycles. The third-order valence-corrected chi connectivity index (χ3v) is 4.00. The second kappa shape index (κ2) is 6.56. The summed E-state index contributed by atoms with van der Waals surface area (Å²) in [6.07, 6.45) is 0. The molecule has 0 aromatic heterocycles. The quantitative estimate of drug-likeness (QED) is 0.623. The molecule has 0 radical (unpaired) electrons. The second-order valence-electron chi connectivity index (χ2n) is 6.03. The van der Waals surface area contributed by atoms with Gasteiger partial charge >= 0.3 is 5.69 Å². The summed E-state index contributed by atoms with van der Waals surface area (Å²) in [5.74, 6) is -0.0380. The van der Waals surface area contributed by atoms with Gasteiger partial charge in [0, 0.05) is 13.6 Å². The lowest BCUT2D eigenvalue weighted by atomic mass is 9.81. The number of para-hydroxylation sites is 1. The van der Waals surface area contributed by atoms with E-state index in [2.05, 4.69) is 38.3 Å². The lowest BCUT2D eigenvalue weighted by molar-refractivity contribution is -0.384. The number of nitrogens with one attached hydrogen (secondary N) is 2. The zero-order valence-electron chi connectivity index (χ0n) is 13.2. The Kier molecular flexibility index (Phi) is 5.29. The van der Waals surface area contributed by atoms with Gasteiger partial charge in [-0.15, -0.1) is 0 Å². The van der Waals surface area contributed by atoms with Crippen LogP contribution in [-0.4, -0.2) is 24.4 Å². The van der Waals surface area contributed by atoms with Gasteiger partial charge in [-0.2, -0.15) is 0 Å². The normalized spacial score (nSPS) is 11.3. The third-order valence-electron chi connectivity index (χ3n) is 4.00. The minimum Gasteiger partial charge on any atom is -0.383 e. The maximum absolute atomic E-state index is 12.3. The Morgan fingerprint density at radius 1 is 1.38 bits per heavy atom. The van der Waals surface area contributed by atoms with Crippen LogP contribution in [0.4, 0.5) is 11.4 Å². The predicted octanol–water partition coefficient (Wildman–Crippen LogP) is 3.05. The smallest absolute Gasteiger partial charge is 0.305 e. The van der Waals surface area contributed by atoms with E-state index in [1.807, 2.05) is 0 Å². The summed E-state index contributed by atoms with van der Waals surface area (Å²) < 4.78 is 0. The van der Waals surface area contributed by atoms with Crippen LogP contribution in [0.25, 0.3) is 0 Å². The molecule has 1 rings (SSSR count). The lowest BCUT2D eigenvalue weighted by Gasteiger charge is -2.29. The number of hydrogen-bond donors (Lipinski definition) is 2. The van der Waals surface area contributed by atoms with Crippen molar-refractivity contribution >= 4 is 17.3 Å².